The predicted octanol–water partition coefficient (Wildman–Crippen LogP) is 3.76. The van der Waals surface area contributed by atoms with Crippen molar-refractivity contribution in [2.24, 2.45) is 0 Å². The van der Waals surface area contributed by atoms with Crippen molar-refractivity contribution >= 4 is 10.1 Å². The lowest BCUT2D eigenvalue weighted by Crippen LogP contribution is -2.03. The molecule has 0 unspecified atom stereocenters. The van der Waals surface area contributed by atoms with Crippen LogP contribution in [0, 0.1) is 0 Å². The van der Waals surface area contributed by atoms with Gasteiger partial charge in [-0.2, -0.15) is 8.42 Å². The van der Waals surface area contributed by atoms with Gasteiger partial charge in [0.25, 0.3) is 10.1 Å². The summed E-state index contributed by atoms with van der Waals surface area (Å²) in [6.45, 7) is 0. The molecule has 4 heteroatoms. The molecule has 3 nitrogen and oxygen atoms in total. The van der Waals surface area contributed by atoms with E-state index >= 15 is 0 Å². The fraction of sp³-hybridized carbons (Fsp3) is 0.571. The quantitative estimate of drug-likeness (QED) is 0.831. The predicted molar refractivity (Wildman–Crippen MR) is 71.3 cm³/mol. The molecule has 0 saturated heterocycles. The minimum absolute atomic E-state index is 0.0166. The second kappa shape index (κ2) is 5.85. The average molecular weight is 268 g/mol. The molecule has 1 aromatic rings. The third-order valence-corrected chi connectivity index (χ3v) is 4.62. The van der Waals surface area contributed by atoms with Crippen LogP contribution < -0.4 is 0 Å². The Morgan fingerprint density at radius 1 is 0.889 bits per heavy atom. The van der Waals surface area contributed by atoms with Crippen molar-refractivity contribution in [3.8, 4) is 0 Å². The Labute approximate surface area is 109 Å². The number of benzene rings is 1. The first-order chi connectivity index (χ1) is 8.57. The molecule has 1 N–H and O–H groups in total. The Morgan fingerprint density at radius 3 is 1.89 bits per heavy atom. The highest BCUT2D eigenvalue weighted by Gasteiger charge is 2.15. The van der Waals surface area contributed by atoms with Gasteiger partial charge in [0.2, 0.25) is 0 Å². The second-order valence-electron chi connectivity index (χ2n) is 5.09. The molecule has 1 aliphatic carbocycles. The van der Waals surface area contributed by atoms with Crippen molar-refractivity contribution in [2.75, 3.05) is 0 Å². The summed E-state index contributed by atoms with van der Waals surface area (Å²) in [6, 6.07) is 6.69. The summed E-state index contributed by atoms with van der Waals surface area (Å²) in [5.74, 6) is 0.542. The molecule has 0 atom stereocenters. The van der Waals surface area contributed by atoms with E-state index in [9.17, 15) is 8.42 Å². The van der Waals surface area contributed by atoms with Crippen LogP contribution in [-0.2, 0) is 10.1 Å². The minimum atomic E-state index is -4.06. The first-order valence-electron chi connectivity index (χ1n) is 6.65. The Bertz CT molecular complexity index is 468. The number of rotatable bonds is 2. The minimum Gasteiger partial charge on any atom is -0.282 e. The van der Waals surface area contributed by atoms with Crippen LogP contribution in [0.4, 0.5) is 0 Å². The third-order valence-electron chi connectivity index (χ3n) is 3.75. The fourth-order valence-electron chi connectivity index (χ4n) is 2.70. The van der Waals surface area contributed by atoms with Crippen molar-refractivity contribution in [3.05, 3.63) is 29.8 Å². The van der Waals surface area contributed by atoms with E-state index in [0.717, 1.165) is 0 Å². The molecule has 18 heavy (non-hydrogen) atoms. The van der Waals surface area contributed by atoms with Crippen molar-refractivity contribution in [2.45, 2.75) is 55.8 Å². The van der Waals surface area contributed by atoms with Gasteiger partial charge in [-0.3, -0.25) is 4.55 Å². The molecule has 1 fully saturated rings. The summed E-state index contributed by atoms with van der Waals surface area (Å²) in [6.07, 6.45) is 8.83. The normalized spacial score (nSPS) is 19.2. The topological polar surface area (TPSA) is 54.4 Å². The Morgan fingerprint density at radius 2 is 1.39 bits per heavy atom. The Hall–Kier alpha value is -0.870. The van der Waals surface area contributed by atoms with Crippen LogP contribution in [-0.4, -0.2) is 13.0 Å². The van der Waals surface area contributed by atoms with Crippen LogP contribution >= 0.6 is 0 Å². The van der Waals surface area contributed by atoms with Crippen molar-refractivity contribution < 1.29 is 13.0 Å². The summed E-state index contributed by atoms with van der Waals surface area (Å²) < 4.78 is 30.9. The lowest BCUT2D eigenvalue weighted by Gasteiger charge is -2.20. The molecule has 1 saturated carbocycles. The number of hydrogen-bond acceptors (Lipinski definition) is 2. The van der Waals surface area contributed by atoms with Gasteiger partial charge in [-0.1, -0.05) is 44.2 Å². The maximum absolute atomic E-state index is 11.0. The van der Waals surface area contributed by atoms with Gasteiger partial charge in [0.1, 0.15) is 0 Å². The van der Waals surface area contributed by atoms with Crippen molar-refractivity contribution in [1.82, 2.24) is 0 Å². The summed E-state index contributed by atoms with van der Waals surface area (Å²) in [5, 5.41) is 0. The van der Waals surface area contributed by atoms with E-state index in [0.29, 0.717) is 5.92 Å². The highest BCUT2D eigenvalue weighted by Crippen LogP contribution is 2.31. The van der Waals surface area contributed by atoms with Crippen LogP contribution in [0.15, 0.2) is 29.2 Å². The molecular formula is C14H20O3S. The second-order valence-corrected chi connectivity index (χ2v) is 6.51. The van der Waals surface area contributed by atoms with Gasteiger partial charge in [-0.05, 0) is 36.5 Å². The van der Waals surface area contributed by atoms with E-state index in [1.807, 2.05) is 12.1 Å². The summed E-state index contributed by atoms with van der Waals surface area (Å²) in [5.41, 5.74) is 1.20. The molecule has 2 rings (SSSR count). The van der Waals surface area contributed by atoms with Crippen LogP contribution in [0.5, 0.6) is 0 Å². The van der Waals surface area contributed by atoms with Gasteiger partial charge in [0.15, 0.2) is 0 Å². The summed E-state index contributed by atoms with van der Waals surface area (Å²) >= 11 is 0. The number of hydrogen-bond donors (Lipinski definition) is 1. The van der Waals surface area contributed by atoms with Gasteiger partial charge in [0, 0.05) is 0 Å². The monoisotopic (exact) mass is 268 g/mol. The zero-order valence-corrected chi connectivity index (χ0v) is 11.3. The van der Waals surface area contributed by atoms with E-state index in [2.05, 4.69) is 0 Å². The SMILES string of the molecule is O=S(=O)(O)c1ccc(C2CCCCCCC2)cc1. The molecule has 0 radical (unpaired) electrons. The van der Waals surface area contributed by atoms with Gasteiger partial charge in [0.05, 0.1) is 4.90 Å². The van der Waals surface area contributed by atoms with Gasteiger partial charge >= 0.3 is 0 Å². The van der Waals surface area contributed by atoms with Gasteiger partial charge < -0.3 is 0 Å². The molecule has 1 aliphatic rings. The molecular weight excluding hydrogens is 248 g/mol. The van der Waals surface area contributed by atoms with E-state index in [-0.39, 0.29) is 4.90 Å². The fourth-order valence-corrected chi connectivity index (χ4v) is 3.18. The molecule has 1 aromatic carbocycles. The average Bonchev–Trinajstić information content (AvgIpc) is 2.27. The van der Waals surface area contributed by atoms with Crippen molar-refractivity contribution in [1.29, 1.82) is 0 Å². The first-order valence-corrected chi connectivity index (χ1v) is 8.09. The third kappa shape index (κ3) is 3.56. The van der Waals surface area contributed by atoms with E-state index < -0.39 is 10.1 Å². The Kier molecular flexibility index (Phi) is 4.40. The molecule has 0 aromatic heterocycles. The zero-order chi connectivity index (χ0) is 13.0. The van der Waals surface area contributed by atoms with Crippen LogP contribution in [0.25, 0.3) is 0 Å². The largest absolute Gasteiger partial charge is 0.294 e. The Balaban J connectivity index is 2.12. The van der Waals surface area contributed by atoms with Gasteiger partial charge in [-0.15, -0.1) is 0 Å². The van der Waals surface area contributed by atoms with Crippen molar-refractivity contribution in [3.63, 3.8) is 0 Å². The van der Waals surface area contributed by atoms with E-state index in [1.165, 1.54) is 62.6 Å². The summed E-state index contributed by atoms with van der Waals surface area (Å²) in [4.78, 5) is -0.0166. The molecule has 0 bridgehead atoms. The highest BCUT2D eigenvalue weighted by atomic mass is 32.2. The van der Waals surface area contributed by atoms with Crippen LogP contribution in [0.1, 0.15) is 56.4 Å². The molecule has 0 amide bonds. The summed E-state index contributed by atoms with van der Waals surface area (Å²) in [7, 11) is -4.06. The standard InChI is InChI=1S/C14H20O3S/c15-18(16,17)14-10-8-13(9-11-14)12-6-4-2-1-3-5-7-12/h8-12H,1-7H2,(H,15,16,17). The first kappa shape index (κ1) is 13.6. The molecule has 0 heterocycles. The van der Waals surface area contributed by atoms with Crippen LogP contribution in [0.2, 0.25) is 0 Å². The highest BCUT2D eigenvalue weighted by molar-refractivity contribution is 7.85. The zero-order valence-electron chi connectivity index (χ0n) is 10.5. The van der Waals surface area contributed by atoms with E-state index in [4.69, 9.17) is 4.55 Å². The molecule has 100 valence electrons. The smallest absolute Gasteiger partial charge is 0.282 e. The van der Waals surface area contributed by atoms with Crippen LogP contribution in [0.3, 0.4) is 0 Å². The van der Waals surface area contributed by atoms with Gasteiger partial charge in [-0.25, -0.2) is 0 Å². The lowest BCUT2D eigenvalue weighted by molar-refractivity contribution is 0.455. The molecule has 0 aliphatic heterocycles. The maximum Gasteiger partial charge on any atom is 0.294 e. The lowest BCUT2D eigenvalue weighted by atomic mass is 9.86. The molecule has 0 spiro atoms. The van der Waals surface area contributed by atoms with E-state index in [1.54, 1.807) is 0 Å². The maximum atomic E-state index is 11.0.